The van der Waals surface area contributed by atoms with E-state index in [4.69, 9.17) is 5.73 Å². The van der Waals surface area contributed by atoms with Crippen LogP contribution < -0.4 is 5.73 Å². The van der Waals surface area contributed by atoms with Crippen molar-refractivity contribution in [1.82, 2.24) is 4.98 Å². The molecule has 0 atom stereocenters. The van der Waals surface area contributed by atoms with E-state index in [1.807, 2.05) is 30.3 Å². The smallest absolute Gasteiger partial charge is 0.180 e. The Morgan fingerprint density at radius 3 is 2.86 bits per heavy atom. The third-order valence-corrected chi connectivity index (χ3v) is 2.20. The Balaban J connectivity index is 2.40. The van der Waals surface area contributed by atoms with Crippen molar-refractivity contribution in [3.05, 3.63) is 36.0 Å². The number of aromatic amines is 1. The molecule has 0 amide bonds. The molecule has 3 nitrogen and oxygen atoms in total. The third-order valence-electron chi connectivity index (χ3n) is 2.20. The van der Waals surface area contributed by atoms with Crippen LogP contribution in [0.15, 0.2) is 30.3 Å². The molecule has 1 heterocycles. The number of nitrogens with one attached hydrogen (secondary N) is 1. The maximum atomic E-state index is 11.5. The lowest BCUT2D eigenvalue weighted by Crippen LogP contribution is -2.08. The Labute approximate surface area is 81.9 Å². The van der Waals surface area contributed by atoms with Gasteiger partial charge in [0.05, 0.1) is 5.69 Å². The molecule has 3 heteroatoms. The van der Waals surface area contributed by atoms with E-state index in [0.29, 0.717) is 18.7 Å². The lowest BCUT2D eigenvalue weighted by atomic mass is 10.2. The summed E-state index contributed by atoms with van der Waals surface area (Å²) in [7, 11) is 0. The molecule has 0 aliphatic carbocycles. The predicted octanol–water partition coefficient (Wildman–Crippen LogP) is 1.70. The van der Waals surface area contributed by atoms with Gasteiger partial charge in [0.15, 0.2) is 5.78 Å². The van der Waals surface area contributed by atoms with Gasteiger partial charge in [0.25, 0.3) is 0 Å². The van der Waals surface area contributed by atoms with Gasteiger partial charge in [0.2, 0.25) is 0 Å². The molecule has 0 fully saturated rings. The van der Waals surface area contributed by atoms with Crippen molar-refractivity contribution in [2.45, 2.75) is 6.42 Å². The highest BCUT2D eigenvalue weighted by Crippen LogP contribution is 2.15. The molecule has 0 saturated heterocycles. The van der Waals surface area contributed by atoms with Crippen LogP contribution in [0.4, 0.5) is 0 Å². The van der Waals surface area contributed by atoms with Gasteiger partial charge >= 0.3 is 0 Å². The first-order valence-corrected chi connectivity index (χ1v) is 4.62. The summed E-state index contributed by atoms with van der Waals surface area (Å²) in [6.45, 7) is 0.397. The Kier molecular flexibility index (Phi) is 2.33. The number of H-pyrrole nitrogens is 1. The lowest BCUT2D eigenvalue weighted by Gasteiger charge is -1.92. The zero-order valence-corrected chi connectivity index (χ0v) is 7.79. The molecule has 0 aliphatic rings. The molecule has 1 aromatic heterocycles. The average molecular weight is 188 g/mol. The molecule has 2 aromatic rings. The molecule has 0 aliphatic heterocycles. The van der Waals surface area contributed by atoms with Crippen molar-refractivity contribution in [3.63, 3.8) is 0 Å². The van der Waals surface area contributed by atoms with E-state index in [1.165, 1.54) is 0 Å². The van der Waals surface area contributed by atoms with E-state index in [2.05, 4.69) is 4.98 Å². The largest absolute Gasteiger partial charge is 0.352 e. The van der Waals surface area contributed by atoms with Crippen LogP contribution in [0.25, 0.3) is 10.9 Å². The number of ketones is 1. The number of carbonyl (C=O) groups excluding carboxylic acids is 1. The Hall–Kier alpha value is -1.61. The van der Waals surface area contributed by atoms with E-state index in [-0.39, 0.29) is 5.78 Å². The average Bonchev–Trinajstić information content (AvgIpc) is 2.61. The second-order valence-corrected chi connectivity index (χ2v) is 3.23. The van der Waals surface area contributed by atoms with Crippen molar-refractivity contribution in [3.8, 4) is 0 Å². The van der Waals surface area contributed by atoms with Crippen LogP contribution in [0, 0.1) is 0 Å². The lowest BCUT2D eigenvalue weighted by molar-refractivity contribution is 0.0981. The Morgan fingerprint density at radius 2 is 2.14 bits per heavy atom. The number of rotatable bonds is 3. The minimum absolute atomic E-state index is 0.0729. The molecule has 0 unspecified atom stereocenters. The highest BCUT2D eigenvalue weighted by Gasteiger charge is 2.07. The number of nitrogens with two attached hydrogens (primary N) is 1. The second kappa shape index (κ2) is 3.64. The summed E-state index contributed by atoms with van der Waals surface area (Å²) >= 11 is 0. The Bertz CT molecular complexity index is 426. The van der Waals surface area contributed by atoms with E-state index >= 15 is 0 Å². The minimum atomic E-state index is 0.0729. The fourth-order valence-electron chi connectivity index (χ4n) is 1.49. The van der Waals surface area contributed by atoms with Crippen molar-refractivity contribution >= 4 is 16.7 Å². The number of fused-ring (bicyclic) bond motifs is 1. The molecule has 3 N–H and O–H groups in total. The van der Waals surface area contributed by atoms with Gasteiger partial charge in [0, 0.05) is 17.3 Å². The van der Waals surface area contributed by atoms with Crippen LogP contribution in [0.1, 0.15) is 16.9 Å². The van der Waals surface area contributed by atoms with Crippen LogP contribution in [0.2, 0.25) is 0 Å². The number of Topliss-reactive ketones (excluding diaryl/α,β-unsaturated/α-hetero) is 1. The SMILES string of the molecule is NCCC(=O)c1cc2ccccc2[nH]1. The summed E-state index contributed by atoms with van der Waals surface area (Å²) in [6, 6.07) is 9.69. The number of para-hydroxylation sites is 1. The first-order chi connectivity index (χ1) is 6.81. The molecular formula is C11H12N2O. The number of aromatic nitrogens is 1. The first kappa shape index (κ1) is 8.97. The molecule has 0 bridgehead atoms. The fourth-order valence-corrected chi connectivity index (χ4v) is 1.49. The van der Waals surface area contributed by atoms with Crippen LogP contribution >= 0.6 is 0 Å². The zero-order valence-electron chi connectivity index (χ0n) is 7.79. The van der Waals surface area contributed by atoms with Crippen LogP contribution in [0.5, 0.6) is 0 Å². The number of carbonyl (C=O) groups is 1. The second-order valence-electron chi connectivity index (χ2n) is 3.23. The van der Waals surface area contributed by atoms with Crippen LogP contribution in [-0.2, 0) is 0 Å². The molecule has 72 valence electrons. The molecule has 2 rings (SSSR count). The normalized spacial score (nSPS) is 10.6. The summed E-state index contributed by atoms with van der Waals surface area (Å²) in [5.41, 5.74) is 6.97. The summed E-state index contributed by atoms with van der Waals surface area (Å²) < 4.78 is 0. The molecule has 1 aromatic carbocycles. The summed E-state index contributed by atoms with van der Waals surface area (Å²) in [6.07, 6.45) is 0.396. The molecule has 0 spiro atoms. The van der Waals surface area contributed by atoms with Gasteiger partial charge in [-0.1, -0.05) is 18.2 Å². The maximum absolute atomic E-state index is 11.5. The summed E-state index contributed by atoms with van der Waals surface area (Å²) in [4.78, 5) is 14.6. The molecule has 0 radical (unpaired) electrons. The monoisotopic (exact) mass is 188 g/mol. The van der Waals surface area contributed by atoms with Gasteiger partial charge in [-0.05, 0) is 18.7 Å². The van der Waals surface area contributed by atoms with Crippen LogP contribution in [0.3, 0.4) is 0 Å². The highest BCUT2D eigenvalue weighted by atomic mass is 16.1. The first-order valence-electron chi connectivity index (χ1n) is 4.62. The molecular weight excluding hydrogens is 176 g/mol. The van der Waals surface area contributed by atoms with Crippen molar-refractivity contribution in [1.29, 1.82) is 0 Å². The standard InChI is InChI=1S/C11H12N2O/c12-6-5-11(14)10-7-8-3-1-2-4-9(8)13-10/h1-4,7,13H,5-6,12H2. The van der Waals surface area contributed by atoms with Gasteiger partial charge in [-0.25, -0.2) is 0 Å². The van der Waals surface area contributed by atoms with Crippen molar-refractivity contribution < 1.29 is 4.79 Å². The topological polar surface area (TPSA) is 58.9 Å². The van der Waals surface area contributed by atoms with E-state index in [9.17, 15) is 4.79 Å². The predicted molar refractivity (Wildman–Crippen MR) is 56.3 cm³/mol. The fraction of sp³-hybridized carbons (Fsp3) is 0.182. The zero-order chi connectivity index (χ0) is 9.97. The van der Waals surface area contributed by atoms with Crippen LogP contribution in [-0.4, -0.2) is 17.3 Å². The number of hydrogen-bond donors (Lipinski definition) is 2. The molecule has 0 saturated carbocycles. The van der Waals surface area contributed by atoms with Crippen molar-refractivity contribution in [2.24, 2.45) is 5.73 Å². The quantitative estimate of drug-likeness (QED) is 0.720. The molecule has 14 heavy (non-hydrogen) atoms. The number of benzene rings is 1. The highest BCUT2D eigenvalue weighted by molar-refractivity contribution is 5.99. The van der Waals surface area contributed by atoms with Gasteiger partial charge in [0.1, 0.15) is 0 Å². The van der Waals surface area contributed by atoms with Gasteiger partial charge in [-0.15, -0.1) is 0 Å². The number of hydrogen-bond acceptors (Lipinski definition) is 2. The minimum Gasteiger partial charge on any atom is -0.352 e. The van der Waals surface area contributed by atoms with Crippen molar-refractivity contribution in [2.75, 3.05) is 6.54 Å². The maximum Gasteiger partial charge on any atom is 0.180 e. The van der Waals surface area contributed by atoms with Gasteiger partial charge in [-0.3, -0.25) is 4.79 Å². The summed E-state index contributed by atoms with van der Waals surface area (Å²) in [5.74, 6) is 0.0729. The third kappa shape index (κ3) is 1.54. The van der Waals surface area contributed by atoms with Gasteiger partial charge in [-0.2, -0.15) is 0 Å². The van der Waals surface area contributed by atoms with Gasteiger partial charge < -0.3 is 10.7 Å². The summed E-state index contributed by atoms with van der Waals surface area (Å²) in [5, 5.41) is 1.06. The van der Waals surface area contributed by atoms with E-state index in [0.717, 1.165) is 10.9 Å². The van der Waals surface area contributed by atoms with E-state index < -0.39 is 0 Å². The Morgan fingerprint density at radius 1 is 1.36 bits per heavy atom. The van der Waals surface area contributed by atoms with E-state index in [1.54, 1.807) is 0 Å².